The summed E-state index contributed by atoms with van der Waals surface area (Å²) in [5, 5.41) is 19.9. The van der Waals surface area contributed by atoms with E-state index in [0.717, 1.165) is 64.7 Å². The minimum absolute atomic E-state index is 0.205. The molecule has 1 saturated carbocycles. The quantitative estimate of drug-likeness (QED) is 0.419. The van der Waals surface area contributed by atoms with Crippen molar-refractivity contribution >= 4 is 27.5 Å². The van der Waals surface area contributed by atoms with Crippen LogP contribution in [0.4, 0.5) is 0 Å². The Kier molecular flexibility index (Phi) is 6.24. The first kappa shape index (κ1) is 21.8. The van der Waals surface area contributed by atoms with Crippen LogP contribution in [0.25, 0.3) is 15.9 Å². The molecule has 3 aromatic heterocycles. The van der Waals surface area contributed by atoms with Crippen LogP contribution in [0.5, 0.6) is 0 Å². The number of carbonyl (C=O) groups is 1. The smallest absolute Gasteiger partial charge is 0.270 e. The summed E-state index contributed by atoms with van der Waals surface area (Å²) in [4.78, 5) is 17.8. The minimum atomic E-state index is -0.490. The Hall–Kier alpha value is -3.03. The first-order chi connectivity index (χ1) is 16.1. The highest BCUT2D eigenvalue weighted by molar-refractivity contribution is 7.17. The maximum atomic E-state index is 13.1. The molecule has 0 unspecified atom stereocenters. The van der Waals surface area contributed by atoms with Gasteiger partial charge in [-0.25, -0.2) is 9.67 Å². The fourth-order valence-electron chi connectivity index (χ4n) is 4.54. The van der Waals surface area contributed by atoms with Crippen LogP contribution < -0.4 is 5.32 Å². The largest absolute Gasteiger partial charge is 0.391 e. The van der Waals surface area contributed by atoms with Crippen LogP contribution in [0.2, 0.25) is 0 Å². The van der Waals surface area contributed by atoms with Crippen molar-refractivity contribution in [3.8, 4) is 5.69 Å². The van der Waals surface area contributed by atoms with Gasteiger partial charge in [0, 0.05) is 12.4 Å². The Bertz CT molecular complexity index is 1250. The lowest BCUT2D eigenvalue weighted by Gasteiger charge is -2.21. The van der Waals surface area contributed by atoms with Gasteiger partial charge >= 0.3 is 0 Å². The molecule has 4 aromatic rings. The Labute approximate surface area is 197 Å². The SMILES string of the molecule is Cc1csc2c(Cc3ccc(-n4cccn4)cc3)cc(C(=O)N[C@@H]3CCCCC[C@H]3O)nc12. The number of aryl methyl sites for hydroxylation is 1. The van der Waals surface area contributed by atoms with Gasteiger partial charge in [0.25, 0.3) is 5.91 Å². The zero-order valence-corrected chi connectivity index (χ0v) is 19.5. The molecule has 2 N–H and O–H groups in total. The van der Waals surface area contributed by atoms with Gasteiger partial charge in [0.15, 0.2) is 0 Å². The number of nitrogens with one attached hydrogen (secondary N) is 1. The summed E-state index contributed by atoms with van der Waals surface area (Å²) in [6.45, 7) is 2.03. The van der Waals surface area contributed by atoms with Crippen molar-refractivity contribution in [1.29, 1.82) is 0 Å². The number of benzene rings is 1. The number of hydrogen-bond donors (Lipinski definition) is 2. The predicted molar refractivity (Wildman–Crippen MR) is 131 cm³/mol. The maximum absolute atomic E-state index is 13.1. The Morgan fingerprint density at radius 3 is 2.82 bits per heavy atom. The Morgan fingerprint density at radius 2 is 2.03 bits per heavy atom. The third-order valence-corrected chi connectivity index (χ3v) is 7.57. The minimum Gasteiger partial charge on any atom is -0.391 e. The van der Waals surface area contributed by atoms with Crippen LogP contribution in [0.1, 0.15) is 59.3 Å². The Balaban J connectivity index is 1.42. The van der Waals surface area contributed by atoms with Crippen LogP contribution >= 0.6 is 11.3 Å². The summed E-state index contributed by atoms with van der Waals surface area (Å²) in [5.41, 5.74) is 5.65. The molecular formula is C26H28N4O2S. The summed E-state index contributed by atoms with van der Waals surface area (Å²) < 4.78 is 2.95. The second kappa shape index (κ2) is 9.45. The van der Waals surface area contributed by atoms with Gasteiger partial charge in [0.1, 0.15) is 5.69 Å². The molecule has 33 heavy (non-hydrogen) atoms. The average Bonchev–Trinajstić information content (AvgIpc) is 3.44. The van der Waals surface area contributed by atoms with E-state index in [1.807, 2.05) is 29.9 Å². The van der Waals surface area contributed by atoms with Gasteiger partial charge in [-0.1, -0.05) is 31.4 Å². The molecule has 2 atom stereocenters. The van der Waals surface area contributed by atoms with Crippen molar-refractivity contribution in [2.24, 2.45) is 0 Å². The molecule has 6 nitrogen and oxygen atoms in total. The van der Waals surface area contributed by atoms with Crippen molar-refractivity contribution in [2.45, 2.75) is 57.6 Å². The molecule has 0 bridgehead atoms. The molecule has 0 saturated heterocycles. The van der Waals surface area contributed by atoms with Crippen LogP contribution in [0, 0.1) is 6.92 Å². The van der Waals surface area contributed by atoms with Crippen LogP contribution in [-0.4, -0.2) is 37.9 Å². The molecule has 0 radical (unpaired) electrons. The molecule has 1 fully saturated rings. The third kappa shape index (κ3) is 4.70. The number of carbonyl (C=O) groups excluding carboxylic acids is 1. The summed E-state index contributed by atoms with van der Waals surface area (Å²) >= 11 is 1.67. The lowest BCUT2D eigenvalue weighted by molar-refractivity contribution is 0.0814. The number of aromatic nitrogens is 3. The third-order valence-electron chi connectivity index (χ3n) is 6.41. The molecule has 5 rings (SSSR count). The van der Waals surface area contributed by atoms with E-state index in [4.69, 9.17) is 4.98 Å². The summed E-state index contributed by atoms with van der Waals surface area (Å²) in [7, 11) is 0. The molecule has 1 aliphatic rings. The second-order valence-corrected chi connectivity index (χ2v) is 9.72. The first-order valence-corrected chi connectivity index (χ1v) is 12.4. The van der Waals surface area contributed by atoms with Crippen molar-refractivity contribution < 1.29 is 9.90 Å². The summed E-state index contributed by atoms with van der Waals surface area (Å²) in [6.07, 6.45) is 8.59. The number of amides is 1. The normalized spacial score (nSPS) is 18.8. The molecular weight excluding hydrogens is 432 g/mol. The fraction of sp³-hybridized carbons (Fsp3) is 0.346. The lowest BCUT2D eigenvalue weighted by Crippen LogP contribution is -2.43. The maximum Gasteiger partial charge on any atom is 0.270 e. The van der Waals surface area contributed by atoms with Gasteiger partial charge in [-0.3, -0.25) is 4.79 Å². The molecule has 0 spiro atoms. The molecule has 0 aliphatic heterocycles. The number of rotatable bonds is 5. The van der Waals surface area contributed by atoms with Gasteiger partial charge in [-0.15, -0.1) is 11.3 Å². The lowest BCUT2D eigenvalue weighted by atomic mass is 10.0. The van der Waals surface area contributed by atoms with E-state index in [9.17, 15) is 9.90 Å². The van der Waals surface area contributed by atoms with E-state index in [0.29, 0.717) is 12.1 Å². The predicted octanol–water partition coefficient (Wildman–Crippen LogP) is 4.80. The van der Waals surface area contributed by atoms with Crippen molar-refractivity contribution in [3.05, 3.63) is 76.6 Å². The second-order valence-electron chi connectivity index (χ2n) is 8.84. The Morgan fingerprint density at radius 1 is 1.21 bits per heavy atom. The summed E-state index contributed by atoms with van der Waals surface area (Å²) in [5.74, 6) is -0.205. The van der Waals surface area contributed by atoms with E-state index in [-0.39, 0.29) is 11.9 Å². The van der Waals surface area contributed by atoms with Crippen molar-refractivity contribution in [3.63, 3.8) is 0 Å². The van der Waals surface area contributed by atoms with E-state index in [1.54, 1.807) is 17.5 Å². The van der Waals surface area contributed by atoms with E-state index < -0.39 is 6.10 Å². The molecule has 1 aromatic carbocycles. The fourth-order valence-corrected chi connectivity index (χ4v) is 5.55. The molecule has 7 heteroatoms. The number of thiophene rings is 1. The standard InChI is InChI=1S/C26H28N4O2S/c1-17-16-33-25-19(14-18-8-10-20(11-9-18)30-13-5-12-27-30)15-22(28-24(17)25)26(32)29-21-6-3-2-4-7-23(21)31/h5,8-13,15-16,21,23,31H,2-4,6-7,14H2,1H3,(H,29,32)/t21-,23-/m1/s1. The molecule has 170 valence electrons. The van der Waals surface area contributed by atoms with E-state index in [2.05, 4.69) is 40.1 Å². The van der Waals surface area contributed by atoms with Crippen molar-refractivity contribution in [2.75, 3.05) is 0 Å². The monoisotopic (exact) mass is 460 g/mol. The highest BCUT2D eigenvalue weighted by atomic mass is 32.1. The van der Waals surface area contributed by atoms with Crippen molar-refractivity contribution in [1.82, 2.24) is 20.1 Å². The van der Waals surface area contributed by atoms with Gasteiger partial charge in [-0.05, 0) is 72.5 Å². The van der Waals surface area contributed by atoms with Gasteiger partial charge < -0.3 is 10.4 Å². The zero-order chi connectivity index (χ0) is 22.8. The van der Waals surface area contributed by atoms with Gasteiger partial charge in [0.2, 0.25) is 0 Å². The van der Waals surface area contributed by atoms with E-state index in [1.165, 1.54) is 0 Å². The molecule has 1 aliphatic carbocycles. The number of aliphatic hydroxyl groups is 1. The first-order valence-electron chi connectivity index (χ1n) is 11.5. The summed E-state index contributed by atoms with van der Waals surface area (Å²) in [6, 6.07) is 11.9. The highest BCUT2D eigenvalue weighted by Crippen LogP contribution is 2.30. The molecule has 1 amide bonds. The average molecular weight is 461 g/mol. The number of hydrogen-bond acceptors (Lipinski definition) is 5. The zero-order valence-electron chi connectivity index (χ0n) is 18.7. The number of fused-ring (bicyclic) bond motifs is 1. The topological polar surface area (TPSA) is 80.0 Å². The number of pyridine rings is 1. The van der Waals surface area contributed by atoms with Crippen LogP contribution in [0.3, 0.4) is 0 Å². The van der Waals surface area contributed by atoms with Crippen LogP contribution in [-0.2, 0) is 6.42 Å². The van der Waals surface area contributed by atoms with E-state index >= 15 is 0 Å². The highest BCUT2D eigenvalue weighted by Gasteiger charge is 2.25. The number of aliphatic hydroxyl groups excluding tert-OH is 1. The van der Waals surface area contributed by atoms with Crippen LogP contribution in [0.15, 0.2) is 54.2 Å². The number of nitrogens with zero attached hydrogens (tertiary/aromatic N) is 3. The molecule has 3 heterocycles. The van der Waals surface area contributed by atoms with Gasteiger partial charge in [0.05, 0.1) is 28.0 Å². The van der Waals surface area contributed by atoms with Gasteiger partial charge in [-0.2, -0.15) is 5.10 Å².